The number of ether oxygens (including phenoxy) is 2. The average Bonchev–Trinajstić information content (AvgIpc) is 3.19. The van der Waals surface area contributed by atoms with E-state index in [-0.39, 0.29) is 36.7 Å². The molecule has 0 bridgehead atoms. The minimum atomic E-state index is -1.09. The number of esters is 1. The van der Waals surface area contributed by atoms with Crippen molar-refractivity contribution in [1.82, 2.24) is 19.7 Å². The highest BCUT2D eigenvalue weighted by atomic mass is 19.1. The first kappa shape index (κ1) is 33.5. The van der Waals surface area contributed by atoms with Crippen LogP contribution in [0.1, 0.15) is 99.9 Å². The number of nitrogens with one attached hydrogen (secondary N) is 1. The lowest BCUT2D eigenvalue weighted by Crippen LogP contribution is -2.54. The van der Waals surface area contributed by atoms with Gasteiger partial charge in [0.2, 0.25) is 0 Å². The van der Waals surface area contributed by atoms with Crippen LogP contribution in [0.15, 0.2) is 12.1 Å². The summed E-state index contributed by atoms with van der Waals surface area (Å²) in [6, 6.07) is 3.32. The first-order valence-electron chi connectivity index (χ1n) is 15.7. The molecule has 0 spiro atoms. The van der Waals surface area contributed by atoms with Crippen molar-refractivity contribution in [2.24, 2.45) is 5.41 Å². The lowest BCUT2D eigenvalue weighted by molar-refractivity contribution is -0.172. The van der Waals surface area contributed by atoms with E-state index in [0.717, 1.165) is 25.2 Å². The van der Waals surface area contributed by atoms with E-state index in [1.807, 2.05) is 71.0 Å². The molecule has 11 heteroatoms. The monoisotopic (exact) mass is 614 g/mol. The lowest BCUT2D eigenvalue weighted by Gasteiger charge is -2.45. The number of aromatic nitrogens is 3. The number of pyridine rings is 1. The number of aryl methyl sites for hydroxylation is 1. The Morgan fingerprint density at radius 1 is 1.00 bits per heavy atom. The Hall–Kier alpha value is -3.37. The molecule has 0 saturated carbocycles. The van der Waals surface area contributed by atoms with Gasteiger partial charge in [-0.2, -0.15) is 5.10 Å². The SMILES string of the molecule is Cc1cc(Nc2cc(N3CCC3)c(F)c(C[C@@]3(C(=O)OC(C)(C)C)CCN(C(=O)OC(C)(C)C)[C@H](C)C3)n2)nn1C(C)(C)C. The number of rotatable bonds is 6. The van der Waals surface area contributed by atoms with E-state index in [9.17, 15) is 9.59 Å². The van der Waals surface area contributed by atoms with E-state index >= 15 is 4.39 Å². The maximum absolute atomic E-state index is 16.3. The molecule has 1 amide bonds. The van der Waals surface area contributed by atoms with Gasteiger partial charge in [0.25, 0.3) is 0 Å². The number of halogens is 1. The smallest absolute Gasteiger partial charge is 0.410 e. The van der Waals surface area contributed by atoms with Crippen molar-refractivity contribution < 1.29 is 23.5 Å². The van der Waals surface area contributed by atoms with Crippen LogP contribution in [0.25, 0.3) is 0 Å². The van der Waals surface area contributed by atoms with Crippen LogP contribution in [0.5, 0.6) is 0 Å². The summed E-state index contributed by atoms with van der Waals surface area (Å²) in [6.45, 7) is 22.8. The first-order valence-corrected chi connectivity index (χ1v) is 15.7. The third-order valence-corrected chi connectivity index (χ3v) is 8.00. The maximum atomic E-state index is 16.3. The van der Waals surface area contributed by atoms with Crippen molar-refractivity contribution >= 4 is 29.4 Å². The summed E-state index contributed by atoms with van der Waals surface area (Å²) in [7, 11) is 0. The fourth-order valence-electron chi connectivity index (χ4n) is 5.93. The number of piperidine rings is 1. The highest BCUT2D eigenvalue weighted by Crippen LogP contribution is 2.42. The van der Waals surface area contributed by atoms with Crippen molar-refractivity contribution in [3.8, 4) is 0 Å². The van der Waals surface area contributed by atoms with Crippen LogP contribution in [0.4, 0.5) is 26.5 Å². The second kappa shape index (κ2) is 11.9. The number of amides is 1. The molecule has 2 aliphatic rings. The van der Waals surface area contributed by atoms with E-state index in [0.29, 0.717) is 23.7 Å². The third kappa shape index (κ3) is 7.64. The molecule has 2 saturated heterocycles. The normalized spacial score (nSPS) is 21.1. The Morgan fingerprint density at radius 3 is 2.14 bits per heavy atom. The van der Waals surface area contributed by atoms with E-state index in [1.165, 1.54) is 0 Å². The second-order valence-corrected chi connectivity index (χ2v) is 15.4. The summed E-state index contributed by atoms with van der Waals surface area (Å²) in [4.78, 5) is 35.3. The summed E-state index contributed by atoms with van der Waals surface area (Å²) in [5.41, 5.74) is -1.06. The van der Waals surface area contributed by atoms with Crippen LogP contribution < -0.4 is 10.2 Å². The number of anilines is 3. The van der Waals surface area contributed by atoms with Crippen LogP contribution >= 0.6 is 0 Å². The van der Waals surface area contributed by atoms with Crippen LogP contribution in [0, 0.1) is 18.2 Å². The Bertz CT molecular complexity index is 1380. The minimum Gasteiger partial charge on any atom is -0.460 e. The predicted octanol–water partition coefficient (Wildman–Crippen LogP) is 6.72. The topological polar surface area (TPSA) is 102 Å². The number of carbonyl (C=O) groups is 2. The summed E-state index contributed by atoms with van der Waals surface area (Å²) >= 11 is 0. The number of nitrogens with zero attached hydrogens (tertiary/aromatic N) is 5. The highest BCUT2D eigenvalue weighted by Gasteiger charge is 2.49. The molecule has 0 radical (unpaired) electrons. The van der Waals surface area contributed by atoms with E-state index in [1.54, 1.807) is 11.0 Å². The molecule has 2 aromatic heterocycles. The molecule has 1 N–H and O–H groups in total. The molecule has 0 unspecified atom stereocenters. The predicted molar refractivity (Wildman–Crippen MR) is 170 cm³/mol. The van der Waals surface area contributed by atoms with Gasteiger partial charge in [0.15, 0.2) is 11.6 Å². The minimum absolute atomic E-state index is 0.0338. The van der Waals surface area contributed by atoms with E-state index < -0.39 is 34.5 Å². The third-order valence-electron chi connectivity index (χ3n) is 8.00. The molecular weight excluding hydrogens is 563 g/mol. The fourth-order valence-corrected chi connectivity index (χ4v) is 5.93. The summed E-state index contributed by atoms with van der Waals surface area (Å²) < 4.78 is 29.8. The quantitative estimate of drug-likeness (QED) is 0.358. The molecular formula is C33H51FN6O4. The van der Waals surface area contributed by atoms with Crippen LogP contribution in [-0.4, -0.2) is 68.6 Å². The Labute approximate surface area is 261 Å². The number of hydrogen-bond donors (Lipinski definition) is 1. The zero-order valence-electron chi connectivity index (χ0n) is 28.4. The molecule has 0 aromatic carbocycles. The molecule has 10 nitrogen and oxygen atoms in total. The Balaban J connectivity index is 1.71. The fraction of sp³-hybridized carbons (Fsp3) is 0.697. The molecule has 2 atom stereocenters. The van der Waals surface area contributed by atoms with Gasteiger partial charge in [-0.15, -0.1) is 0 Å². The zero-order valence-corrected chi connectivity index (χ0v) is 28.4. The van der Waals surface area contributed by atoms with Crippen LogP contribution in [-0.2, 0) is 26.2 Å². The van der Waals surface area contributed by atoms with Crippen LogP contribution in [0.2, 0.25) is 0 Å². The zero-order chi connectivity index (χ0) is 32.8. The van der Waals surface area contributed by atoms with Gasteiger partial charge in [0, 0.05) is 49.9 Å². The van der Waals surface area contributed by atoms with Crippen molar-refractivity contribution in [3.63, 3.8) is 0 Å². The molecule has 2 aromatic rings. The first-order chi connectivity index (χ1) is 20.2. The van der Waals surface area contributed by atoms with Crippen molar-refractivity contribution in [2.75, 3.05) is 29.9 Å². The van der Waals surface area contributed by atoms with Gasteiger partial charge in [-0.1, -0.05) is 0 Å². The van der Waals surface area contributed by atoms with Gasteiger partial charge < -0.3 is 24.6 Å². The van der Waals surface area contributed by atoms with Gasteiger partial charge in [-0.25, -0.2) is 14.2 Å². The van der Waals surface area contributed by atoms with E-state index in [4.69, 9.17) is 19.6 Å². The van der Waals surface area contributed by atoms with Gasteiger partial charge in [0.1, 0.15) is 17.0 Å². The molecule has 4 heterocycles. The van der Waals surface area contributed by atoms with Gasteiger partial charge in [-0.05, 0) is 95.4 Å². The Morgan fingerprint density at radius 2 is 1.64 bits per heavy atom. The number of likely N-dealkylation sites (tertiary alicyclic amines) is 1. The molecule has 0 aliphatic carbocycles. The summed E-state index contributed by atoms with van der Waals surface area (Å²) in [6.07, 6.45) is 1.16. The average molecular weight is 615 g/mol. The molecule has 4 rings (SSSR count). The maximum Gasteiger partial charge on any atom is 0.410 e. The van der Waals surface area contributed by atoms with Crippen LogP contribution in [0.3, 0.4) is 0 Å². The number of carbonyl (C=O) groups excluding carboxylic acids is 2. The molecule has 2 fully saturated rings. The van der Waals surface area contributed by atoms with Crippen molar-refractivity contribution in [1.29, 1.82) is 0 Å². The van der Waals surface area contributed by atoms with Crippen molar-refractivity contribution in [3.05, 3.63) is 29.3 Å². The number of hydrogen-bond acceptors (Lipinski definition) is 8. The van der Waals surface area contributed by atoms with Gasteiger partial charge in [-0.3, -0.25) is 9.48 Å². The summed E-state index contributed by atoms with van der Waals surface area (Å²) in [5, 5.41) is 8.03. The molecule has 2 aliphatic heterocycles. The molecule has 44 heavy (non-hydrogen) atoms. The van der Waals surface area contributed by atoms with Gasteiger partial charge >= 0.3 is 12.1 Å². The Kier molecular flexibility index (Phi) is 9.03. The van der Waals surface area contributed by atoms with Gasteiger partial charge in [0.05, 0.1) is 22.3 Å². The van der Waals surface area contributed by atoms with E-state index in [2.05, 4.69) is 26.1 Å². The second-order valence-electron chi connectivity index (χ2n) is 15.4. The largest absolute Gasteiger partial charge is 0.460 e. The highest BCUT2D eigenvalue weighted by molar-refractivity contribution is 5.79. The lowest BCUT2D eigenvalue weighted by atomic mass is 9.72. The molecule has 244 valence electrons. The van der Waals surface area contributed by atoms with Crippen molar-refractivity contribution in [2.45, 2.75) is 125 Å². The summed E-state index contributed by atoms with van der Waals surface area (Å²) in [5.74, 6) is 0.223. The standard InChI is InChI=1S/C33H51FN6O4/c1-21-17-26(37-40(21)30(3,4)5)36-25-18-24(38-14-12-15-38)27(34)23(35-25)20-33(28(41)43-31(6,7)8)13-16-39(22(2)19-33)29(42)44-32(9,10)11/h17-18,22H,12-16,19-20H2,1-11H3,(H,35,36,37)/t22-,33-/m1/s1.